The molecule has 1 saturated carbocycles. The van der Waals surface area contributed by atoms with E-state index in [-0.39, 0.29) is 18.5 Å². The van der Waals surface area contributed by atoms with Crippen molar-refractivity contribution >= 4 is 18.1 Å². The molecule has 6 nitrogen and oxygen atoms in total. The molecule has 3 rings (SSSR count). The summed E-state index contributed by atoms with van der Waals surface area (Å²) >= 11 is 5.23. The molecule has 1 aromatic rings. The lowest BCUT2D eigenvalue weighted by molar-refractivity contribution is -0.123. The van der Waals surface area contributed by atoms with Gasteiger partial charge in [0.1, 0.15) is 12.4 Å². The second-order valence-corrected chi connectivity index (χ2v) is 6.63. The Bertz CT molecular complexity index is 582. The van der Waals surface area contributed by atoms with Gasteiger partial charge < -0.3 is 10.1 Å². The van der Waals surface area contributed by atoms with Gasteiger partial charge in [0.25, 0.3) is 0 Å². The van der Waals surface area contributed by atoms with E-state index in [1.165, 1.54) is 0 Å². The van der Waals surface area contributed by atoms with Crippen LogP contribution in [0.2, 0.25) is 0 Å². The first-order valence-electron chi connectivity index (χ1n) is 8.24. The van der Waals surface area contributed by atoms with Crippen LogP contribution in [0.1, 0.15) is 44.9 Å². The summed E-state index contributed by atoms with van der Waals surface area (Å²) in [6.07, 6.45) is 6.50. The molecule has 0 aromatic carbocycles. The first-order valence-corrected chi connectivity index (χ1v) is 8.65. The molecule has 1 amide bonds. The highest BCUT2D eigenvalue weighted by molar-refractivity contribution is 7.71. The Morgan fingerprint density at radius 2 is 2.36 bits per heavy atom. The average Bonchev–Trinajstić information content (AvgIpc) is 3.10. The van der Waals surface area contributed by atoms with Gasteiger partial charge in [-0.25, -0.2) is 0 Å². The largest absolute Gasteiger partial charge is 0.378 e. The molecule has 1 aliphatic heterocycles. The van der Waals surface area contributed by atoms with Crippen LogP contribution in [0.5, 0.6) is 0 Å². The number of rotatable bonds is 5. The van der Waals surface area contributed by atoms with Crippen molar-refractivity contribution in [2.45, 2.75) is 64.1 Å². The van der Waals surface area contributed by atoms with Gasteiger partial charge in [-0.05, 0) is 44.3 Å². The highest BCUT2D eigenvalue weighted by atomic mass is 32.1. The third kappa shape index (κ3) is 3.25. The van der Waals surface area contributed by atoms with Crippen molar-refractivity contribution in [3.05, 3.63) is 10.6 Å². The van der Waals surface area contributed by atoms with E-state index in [0.29, 0.717) is 16.8 Å². The Labute approximate surface area is 135 Å². The third-order valence-electron chi connectivity index (χ3n) is 4.74. The number of hydrogen-bond donors (Lipinski definition) is 2. The molecule has 122 valence electrons. The number of carbonyl (C=O) groups excluding carboxylic acids is 1. The minimum Gasteiger partial charge on any atom is -0.378 e. The minimum absolute atomic E-state index is 0.0207. The van der Waals surface area contributed by atoms with E-state index in [0.717, 1.165) is 51.0 Å². The topological polar surface area (TPSA) is 71.9 Å². The maximum Gasteiger partial charge on any atom is 0.240 e. The van der Waals surface area contributed by atoms with E-state index in [4.69, 9.17) is 17.0 Å². The van der Waals surface area contributed by atoms with Crippen LogP contribution in [-0.2, 0) is 22.5 Å². The number of ether oxygens (including phenoxy) is 1. The molecule has 0 bridgehead atoms. The number of hydrogen-bond acceptors (Lipinski definition) is 4. The summed E-state index contributed by atoms with van der Waals surface area (Å²) in [5.41, 5.74) is 0. The summed E-state index contributed by atoms with van der Waals surface area (Å²) in [4.78, 5) is 12.4. The molecule has 1 aromatic heterocycles. The number of nitrogens with one attached hydrogen (secondary N) is 2. The Morgan fingerprint density at radius 1 is 1.50 bits per heavy atom. The zero-order valence-electron chi connectivity index (χ0n) is 13.0. The molecule has 0 radical (unpaired) electrons. The molecule has 0 unspecified atom stereocenters. The fourth-order valence-electron chi connectivity index (χ4n) is 3.68. The SMILES string of the molecule is CCCc1n[nH]c(=S)n1CC(=O)N[C@@H]1CCC[C@H]2OCC[C@@H]12. The van der Waals surface area contributed by atoms with Gasteiger partial charge in [0.2, 0.25) is 5.91 Å². The lowest BCUT2D eigenvalue weighted by Crippen LogP contribution is -2.46. The van der Waals surface area contributed by atoms with E-state index in [1.807, 2.05) is 0 Å². The van der Waals surface area contributed by atoms with Gasteiger partial charge in [0, 0.05) is 25.0 Å². The molecule has 1 saturated heterocycles. The molecule has 2 aliphatic rings. The summed E-state index contributed by atoms with van der Waals surface area (Å²) < 4.78 is 8.08. The number of aromatic nitrogens is 3. The zero-order chi connectivity index (χ0) is 15.5. The summed E-state index contributed by atoms with van der Waals surface area (Å²) in [6, 6.07) is 0.240. The third-order valence-corrected chi connectivity index (χ3v) is 5.05. The van der Waals surface area contributed by atoms with Crippen molar-refractivity contribution in [2.24, 2.45) is 5.92 Å². The quantitative estimate of drug-likeness (QED) is 0.812. The average molecular weight is 324 g/mol. The standard InChI is InChI=1S/C15H24N4O2S/c1-2-4-13-17-18-15(22)19(13)9-14(20)16-11-5-3-6-12-10(11)7-8-21-12/h10-12H,2-9H2,1H3,(H,16,20)(H,18,22)/t10-,11+,12+/m0/s1. The molecule has 2 heterocycles. The summed E-state index contributed by atoms with van der Waals surface area (Å²) in [6.45, 7) is 3.17. The van der Waals surface area contributed by atoms with Crippen LogP contribution in [0.25, 0.3) is 0 Å². The van der Waals surface area contributed by atoms with E-state index in [1.54, 1.807) is 4.57 Å². The van der Waals surface area contributed by atoms with Crippen molar-refractivity contribution < 1.29 is 9.53 Å². The van der Waals surface area contributed by atoms with Crippen molar-refractivity contribution in [3.63, 3.8) is 0 Å². The number of H-pyrrole nitrogens is 1. The summed E-state index contributed by atoms with van der Waals surface area (Å²) in [7, 11) is 0. The van der Waals surface area contributed by atoms with Crippen molar-refractivity contribution in [1.29, 1.82) is 0 Å². The predicted octanol–water partition coefficient (Wildman–Crippen LogP) is 1.97. The van der Waals surface area contributed by atoms with Crippen LogP contribution < -0.4 is 5.32 Å². The highest BCUT2D eigenvalue weighted by Gasteiger charge is 2.38. The van der Waals surface area contributed by atoms with Crippen LogP contribution in [-0.4, -0.2) is 39.4 Å². The molecule has 3 atom stereocenters. The van der Waals surface area contributed by atoms with Gasteiger partial charge in [-0.2, -0.15) is 5.10 Å². The normalized spacial score (nSPS) is 27.6. The zero-order valence-corrected chi connectivity index (χ0v) is 13.8. The Morgan fingerprint density at radius 3 is 3.18 bits per heavy atom. The Hall–Kier alpha value is -1.21. The van der Waals surface area contributed by atoms with Crippen LogP contribution >= 0.6 is 12.2 Å². The maximum atomic E-state index is 12.4. The van der Waals surface area contributed by atoms with E-state index >= 15 is 0 Å². The second-order valence-electron chi connectivity index (χ2n) is 6.25. The number of nitrogens with zero attached hydrogens (tertiary/aromatic N) is 2. The fraction of sp³-hybridized carbons (Fsp3) is 0.800. The molecule has 2 N–H and O–H groups in total. The number of aromatic amines is 1. The number of fused-ring (bicyclic) bond motifs is 1. The van der Waals surface area contributed by atoms with Gasteiger partial charge >= 0.3 is 0 Å². The lowest BCUT2D eigenvalue weighted by Gasteiger charge is -2.33. The van der Waals surface area contributed by atoms with E-state index in [2.05, 4.69) is 22.4 Å². The van der Waals surface area contributed by atoms with Crippen molar-refractivity contribution in [2.75, 3.05) is 6.61 Å². The lowest BCUT2D eigenvalue weighted by atomic mass is 9.82. The number of amides is 1. The second kappa shape index (κ2) is 6.91. The van der Waals surface area contributed by atoms with Crippen molar-refractivity contribution in [1.82, 2.24) is 20.1 Å². The van der Waals surface area contributed by atoms with Crippen LogP contribution in [0.3, 0.4) is 0 Å². The first-order chi connectivity index (χ1) is 10.7. The Balaban J connectivity index is 1.63. The molecular formula is C15H24N4O2S. The molecule has 22 heavy (non-hydrogen) atoms. The van der Waals surface area contributed by atoms with Gasteiger partial charge in [-0.3, -0.25) is 14.5 Å². The van der Waals surface area contributed by atoms with Crippen molar-refractivity contribution in [3.8, 4) is 0 Å². The number of carbonyl (C=O) groups is 1. The van der Waals surface area contributed by atoms with Crippen LogP contribution in [0, 0.1) is 10.7 Å². The molecule has 1 aliphatic carbocycles. The predicted molar refractivity (Wildman–Crippen MR) is 85.0 cm³/mol. The number of aryl methyl sites for hydroxylation is 1. The monoisotopic (exact) mass is 324 g/mol. The van der Waals surface area contributed by atoms with Gasteiger partial charge in [0.15, 0.2) is 4.77 Å². The molecule has 2 fully saturated rings. The van der Waals surface area contributed by atoms with E-state index in [9.17, 15) is 4.79 Å². The fourth-order valence-corrected chi connectivity index (χ4v) is 3.89. The van der Waals surface area contributed by atoms with Crippen LogP contribution in [0.4, 0.5) is 0 Å². The smallest absolute Gasteiger partial charge is 0.240 e. The molecular weight excluding hydrogens is 300 g/mol. The van der Waals surface area contributed by atoms with Gasteiger partial charge in [-0.15, -0.1) is 0 Å². The summed E-state index contributed by atoms with van der Waals surface area (Å²) in [5, 5.41) is 10.2. The first kappa shape index (κ1) is 15.7. The molecule has 7 heteroatoms. The maximum absolute atomic E-state index is 12.4. The molecule has 0 spiro atoms. The van der Waals surface area contributed by atoms with Gasteiger partial charge in [-0.1, -0.05) is 6.92 Å². The minimum atomic E-state index is 0.0207. The Kier molecular flexibility index (Phi) is 4.93. The summed E-state index contributed by atoms with van der Waals surface area (Å²) in [5.74, 6) is 1.35. The van der Waals surface area contributed by atoms with Crippen LogP contribution in [0.15, 0.2) is 0 Å². The van der Waals surface area contributed by atoms with E-state index < -0.39 is 0 Å². The van der Waals surface area contributed by atoms with Gasteiger partial charge in [0.05, 0.1) is 6.10 Å². The highest BCUT2D eigenvalue weighted by Crippen LogP contribution is 2.34.